The Morgan fingerprint density at radius 3 is 2.62 bits per heavy atom. The van der Waals surface area contributed by atoms with Gasteiger partial charge in [-0.15, -0.1) is 0 Å². The quantitative estimate of drug-likeness (QED) is 0.702. The molecule has 2 N–H and O–H groups in total. The number of hydrogen-bond acceptors (Lipinski definition) is 4. The highest BCUT2D eigenvalue weighted by Crippen LogP contribution is 2.29. The molecule has 1 unspecified atom stereocenters. The van der Waals surface area contributed by atoms with Crippen molar-refractivity contribution in [3.8, 4) is 0 Å². The summed E-state index contributed by atoms with van der Waals surface area (Å²) in [4.78, 5) is 26.7. The zero-order chi connectivity index (χ0) is 15.2. The highest BCUT2D eigenvalue weighted by Gasteiger charge is 2.28. The third-order valence-corrected chi connectivity index (χ3v) is 3.79. The van der Waals surface area contributed by atoms with E-state index in [0.717, 1.165) is 45.7 Å². The number of rotatable bonds is 7. The van der Waals surface area contributed by atoms with Gasteiger partial charge in [0.2, 0.25) is 0 Å². The SMILES string of the molecule is CC(CN1CCOCC1)NC(=O)N(CC(=O)O)CC1CC1. The maximum Gasteiger partial charge on any atom is 0.323 e. The molecule has 0 bridgehead atoms. The second-order valence-electron chi connectivity index (χ2n) is 5.98. The van der Waals surface area contributed by atoms with E-state index in [4.69, 9.17) is 9.84 Å². The topological polar surface area (TPSA) is 82.1 Å². The second-order valence-corrected chi connectivity index (χ2v) is 5.98. The zero-order valence-electron chi connectivity index (χ0n) is 12.6. The van der Waals surface area contributed by atoms with Crippen LogP contribution in [0.4, 0.5) is 4.79 Å². The molecule has 2 aliphatic rings. The molecule has 0 aromatic rings. The number of morpholine rings is 1. The Hall–Kier alpha value is -1.34. The minimum atomic E-state index is -0.966. The number of ether oxygens (including phenoxy) is 1. The Balaban J connectivity index is 1.77. The van der Waals surface area contributed by atoms with Crippen LogP contribution in [0.15, 0.2) is 0 Å². The number of aliphatic carboxylic acids is 1. The van der Waals surface area contributed by atoms with Gasteiger partial charge in [0, 0.05) is 32.2 Å². The average Bonchev–Trinajstić information content (AvgIpc) is 3.22. The van der Waals surface area contributed by atoms with E-state index < -0.39 is 5.97 Å². The third kappa shape index (κ3) is 5.89. The molecule has 2 amide bonds. The van der Waals surface area contributed by atoms with Crippen LogP contribution in [0.3, 0.4) is 0 Å². The van der Waals surface area contributed by atoms with E-state index in [1.54, 1.807) is 0 Å². The number of carboxylic acid groups (broad SMARTS) is 1. The molecule has 1 saturated carbocycles. The molecule has 120 valence electrons. The van der Waals surface area contributed by atoms with Crippen LogP contribution in [-0.2, 0) is 9.53 Å². The van der Waals surface area contributed by atoms with Gasteiger partial charge in [-0.05, 0) is 25.7 Å². The van der Waals surface area contributed by atoms with E-state index >= 15 is 0 Å². The van der Waals surface area contributed by atoms with E-state index in [2.05, 4.69) is 10.2 Å². The summed E-state index contributed by atoms with van der Waals surface area (Å²) in [6, 6.07) is -0.281. The first-order chi connectivity index (χ1) is 10.0. The third-order valence-electron chi connectivity index (χ3n) is 3.79. The van der Waals surface area contributed by atoms with Crippen LogP contribution < -0.4 is 5.32 Å². The minimum absolute atomic E-state index is 0.00824. The summed E-state index contributed by atoms with van der Waals surface area (Å²) in [5.74, 6) is -0.490. The van der Waals surface area contributed by atoms with Crippen molar-refractivity contribution < 1.29 is 19.4 Å². The number of hydrogen-bond donors (Lipinski definition) is 2. The average molecular weight is 299 g/mol. The summed E-state index contributed by atoms with van der Waals surface area (Å²) < 4.78 is 5.29. The van der Waals surface area contributed by atoms with Crippen molar-refractivity contribution in [3.63, 3.8) is 0 Å². The van der Waals surface area contributed by atoms with Crippen molar-refractivity contribution in [2.24, 2.45) is 5.92 Å². The molecule has 0 aromatic carbocycles. The maximum absolute atomic E-state index is 12.2. The fraction of sp³-hybridized carbons (Fsp3) is 0.857. The van der Waals surface area contributed by atoms with Gasteiger partial charge in [0.15, 0.2) is 0 Å². The van der Waals surface area contributed by atoms with Gasteiger partial charge in [0.1, 0.15) is 6.54 Å². The summed E-state index contributed by atoms with van der Waals surface area (Å²) in [7, 11) is 0. The Morgan fingerprint density at radius 1 is 1.38 bits per heavy atom. The number of nitrogens with one attached hydrogen (secondary N) is 1. The van der Waals surface area contributed by atoms with Crippen LogP contribution >= 0.6 is 0 Å². The Bertz CT molecular complexity index is 367. The standard InChI is InChI=1S/C14H25N3O4/c1-11(8-16-4-6-21-7-5-16)15-14(20)17(10-13(18)19)9-12-2-3-12/h11-12H,2-10H2,1H3,(H,15,20)(H,18,19). The predicted molar refractivity (Wildman–Crippen MR) is 77.2 cm³/mol. The van der Waals surface area contributed by atoms with Gasteiger partial charge in [-0.25, -0.2) is 4.79 Å². The number of urea groups is 1. The molecule has 7 heteroatoms. The first-order valence-corrected chi connectivity index (χ1v) is 7.62. The molecule has 1 aliphatic heterocycles. The molecule has 1 atom stereocenters. The van der Waals surface area contributed by atoms with Crippen molar-refractivity contribution in [1.29, 1.82) is 0 Å². The summed E-state index contributed by atoms with van der Waals surface area (Å²) >= 11 is 0. The number of amides is 2. The number of carbonyl (C=O) groups is 2. The largest absolute Gasteiger partial charge is 0.480 e. The van der Waals surface area contributed by atoms with E-state index in [1.165, 1.54) is 4.90 Å². The summed E-state index contributed by atoms with van der Waals surface area (Å²) in [5.41, 5.74) is 0. The molecular weight excluding hydrogens is 274 g/mol. The molecule has 21 heavy (non-hydrogen) atoms. The Labute approximate surface area is 125 Å². The van der Waals surface area contributed by atoms with E-state index in [-0.39, 0.29) is 18.6 Å². The van der Waals surface area contributed by atoms with Crippen LogP contribution in [0.2, 0.25) is 0 Å². The van der Waals surface area contributed by atoms with Gasteiger partial charge in [-0.1, -0.05) is 0 Å². The lowest BCUT2D eigenvalue weighted by molar-refractivity contribution is -0.137. The summed E-state index contributed by atoms with van der Waals surface area (Å²) in [6.07, 6.45) is 2.18. The minimum Gasteiger partial charge on any atom is -0.480 e. The van der Waals surface area contributed by atoms with Crippen LogP contribution in [0.1, 0.15) is 19.8 Å². The molecule has 2 rings (SSSR count). The first kappa shape index (κ1) is 16.0. The number of carboxylic acids is 1. The molecule has 1 saturated heterocycles. The molecule has 1 heterocycles. The van der Waals surface area contributed by atoms with E-state index in [9.17, 15) is 9.59 Å². The van der Waals surface area contributed by atoms with Crippen molar-refractivity contribution in [2.45, 2.75) is 25.8 Å². The predicted octanol–water partition coefficient (Wildman–Crippen LogP) is 0.213. The van der Waals surface area contributed by atoms with Crippen LogP contribution in [0.5, 0.6) is 0 Å². The van der Waals surface area contributed by atoms with Gasteiger partial charge in [0.25, 0.3) is 0 Å². The smallest absolute Gasteiger partial charge is 0.323 e. The van der Waals surface area contributed by atoms with Crippen molar-refractivity contribution in [2.75, 3.05) is 45.9 Å². The second kappa shape index (κ2) is 7.61. The normalized spacial score (nSPS) is 20.8. The lowest BCUT2D eigenvalue weighted by Gasteiger charge is -2.30. The molecule has 0 spiro atoms. The van der Waals surface area contributed by atoms with Gasteiger partial charge >= 0.3 is 12.0 Å². The van der Waals surface area contributed by atoms with E-state index in [0.29, 0.717) is 12.5 Å². The Morgan fingerprint density at radius 2 is 2.05 bits per heavy atom. The molecule has 7 nitrogen and oxygen atoms in total. The number of carbonyl (C=O) groups excluding carboxylic acids is 1. The van der Waals surface area contributed by atoms with Crippen LogP contribution in [0.25, 0.3) is 0 Å². The molecule has 2 fully saturated rings. The van der Waals surface area contributed by atoms with Crippen LogP contribution in [0, 0.1) is 5.92 Å². The molecule has 0 aromatic heterocycles. The van der Waals surface area contributed by atoms with Gasteiger partial charge in [0.05, 0.1) is 13.2 Å². The maximum atomic E-state index is 12.2. The Kier molecular flexibility index (Phi) is 5.81. The van der Waals surface area contributed by atoms with Crippen molar-refractivity contribution in [1.82, 2.24) is 15.1 Å². The van der Waals surface area contributed by atoms with Gasteiger partial charge < -0.3 is 20.1 Å². The molecular formula is C14H25N3O4. The summed E-state index contributed by atoms with van der Waals surface area (Å²) in [5, 5.41) is 11.8. The molecule has 1 aliphatic carbocycles. The zero-order valence-corrected chi connectivity index (χ0v) is 12.6. The summed E-state index contributed by atoms with van der Waals surface area (Å²) in [6.45, 7) is 6.24. The van der Waals surface area contributed by atoms with Gasteiger partial charge in [-0.3, -0.25) is 9.69 Å². The fourth-order valence-corrected chi connectivity index (χ4v) is 2.51. The van der Waals surface area contributed by atoms with E-state index in [1.807, 2.05) is 6.92 Å². The lowest BCUT2D eigenvalue weighted by atomic mass is 10.3. The van der Waals surface area contributed by atoms with Crippen LogP contribution in [-0.4, -0.2) is 78.9 Å². The highest BCUT2D eigenvalue weighted by atomic mass is 16.5. The first-order valence-electron chi connectivity index (χ1n) is 7.62. The lowest BCUT2D eigenvalue weighted by Crippen LogP contribution is -2.51. The monoisotopic (exact) mass is 299 g/mol. The molecule has 0 radical (unpaired) electrons. The highest BCUT2D eigenvalue weighted by molar-refractivity contribution is 5.80. The van der Waals surface area contributed by atoms with Gasteiger partial charge in [-0.2, -0.15) is 0 Å². The number of nitrogens with zero attached hydrogens (tertiary/aromatic N) is 2. The fourth-order valence-electron chi connectivity index (χ4n) is 2.51. The van der Waals surface area contributed by atoms with Crippen molar-refractivity contribution >= 4 is 12.0 Å². The van der Waals surface area contributed by atoms with Crippen molar-refractivity contribution in [3.05, 3.63) is 0 Å².